The van der Waals surface area contributed by atoms with Crippen molar-refractivity contribution in [1.29, 1.82) is 0 Å². The fraction of sp³-hybridized carbons (Fsp3) is 0.778. The fourth-order valence-electron chi connectivity index (χ4n) is 1.62. The molecule has 0 aromatic carbocycles. The van der Waals surface area contributed by atoms with Crippen LogP contribution in [0.3, 0.4) is 0 Å². The van der Waals surface area contributed by atoms with Gasteiger partial charge in [0.05, 0.1) is 0 Å². The summed E-state index contributed by atoms with van der Waals surface area (Å²) in [6.45, 7) is 0.0844. The molecule has 16 heteroatoms. The maximum absolute atomic E-state index is 12.6. The second-order valence-corrected chi connectivity index (χ2v) is 9.28. The molecule has 150 valence electrons. The zero-order chi connectivity index (χ0) is 20.3. The van der Waals surface area contributed by atoms with E-state index in [1.54, 1.807) is 0 Å². The molecule has 0 radical (unpaired) electrons. The van der Waals surface area contributed by atoms with E-state index >= 15 is 0 Å². The first-order chi connectivity index (χ1) is 10.6. The molecular weight excluding hydrogens is 415 g/mol. The second-order valence-electron chi connectivity index (χ2n) is 5.17. The van der Waals surface area contributed by atoms with Gasteiger partial charge in [0.15, 0.2) is 0 Å². The number of halogens is 12. The molecule has 1 aliphatic heterocycles. The van der Waals surface area contributed by atoms with Crippen molar-refractivity contribution in [3.63, 3.8) is 0 Å². The van der Waals surface area contributed by atoms with Crippen LogP contribution in [0.2, 0.25) is 0 Å². The molecule has 1 rings (SSSR count). The number of hydrogen-bond donors (Lipinski definition) is 0. The molecule has 0 aliphatic carbocycles. The minimum absolute atomic E-state index is 0.0422. The van der Waals surface area contributed by atoms with E-state index in [0.29, 0.717) is 0 Å². The molecular formula is C9H7F12O3P. The van der Waals surface area contributed by atoms with Gasteiger partial charge < -0.3 is 0 Å². The van der Waals surface area contributed by atoms with E-state index < -0.39 is 49.6 Å². The molecule has 0 aromatic rings. The topological polar surface area (TPSA) is 27.7 Å². The normalized spacial score (nSPS) is 23.1. The summed E-state index contributed by atoms with van der Waals surface area (Å²) < 4.78 is 162. The number of hydrogen-bond acceptors (Lipinski definition) is 3. The molecule has 0 saturated carbocycles. The van der Waals surface area contributed by atoms with Gasteiger partial charge in [0.1, 0.15) is 0 Å². The van der Waals surface area contributed by atoms with Crippen molar-refractivity contribution >= 4 is 7.28 Å². The van der Waals surface area contributed by atoms with Crippen LogP contribution in [0.4, 0.5) is 52.7 Å². The number of alkyl halides is 12. The summed E-state index contributed by atoms with van der Waals surface area (Å²) in [7, 11) is -6.16. The van der Waals surface area contributed by atoms with Crippen molar-refractivity contribution in [2.75, 3.05) is 13.3 Å². The predicted octanol–water partition coefficient (Wildman–Crippen LogP) is 5.44. The van der Waals surface area contributed by atoms with Crippen molar-refractivity contribution in [1.82, 2.24) is 0 Å². The van der Waals surface area contributed by atoms with E-state index in [4.69, 9.17) is 0 Å². The van der Waals surface area contributed by atoms with Gasteiger partial charge in [-0.3, -0.25) is 0 Å². The molecule has 0 atom stereocenters. The molecule has 1 aliphatic rings. The van der Waals surface area contributed by atoms with Crippen molar-refractivity contribution in [3.8, 4) is 0 Å². The molecule has 0 aromatic heterocycles. The quantitative estimate of drug-likeness (QED) is 0.439. The Morgan fingerprint density at radius 3 is 1.16 bits per heavy atom. The monoisotopic (exact) mass is 422 g/mol. The van der Waals surface area contributed by atoms with Gasteiger partial charge in [0, 0.05) is 0 Å². The Morgan fingerprint density at radius 2 is 0.960 bits per heavy atom. The first kappa shape index (κ1) is 21.9. The van der Waals surface area contributed by atoms with Gasteiger partial charge in [0.25, 0.3) is 0 Å². The van der Waals surface area contributed by atoms with Crippen molar-refractivity contribution in [2.45, 2.75) is 30.8 Å². The van der Waals surface area contributed by atoms with Gasteiger partial charge in [-0.25, -0.2) is 0 Å². The zero-order valence-electron chi connectivity index (χ0n) is 11.8. The van der Waals surface area contributed by atoms with E-state index in [2.05, 4.69) is 13.6 Å². The summed E-state index contributed by atoms with van der Waals surface area (Å²) in [5.41, 5.74) is 0. The van der Waals surface area contributed by atoms with Crippen LogP contribution in [0.25, 0.3) is 0 Å². The predicted molar refractivity (Wildman–Crippen MR) is 57.1 cm³/mol. The Morgan fingerprint density at radius 1 is 0.680 bits per heavy atom. The average molecular weight is 422 g/mol. The molecule has 0 unspecified atom stereocenters. The number of rotatable bonds is 2. The third-order valence-corrected chi connectivity index (χ3v) is 4.61. The first-order valence-corrected chi connectivity index (χ1v) is 8.57. The molecule has 0 bridgehead atoms. The van der Waals surface area contributed by atoms with Crippen molar-refractivity contribution in [2.24, 2.45) is 0 Å². The number of allylic oxidation sites excluding steroid dienone is 2. The summed E-state index contributed by atoms with van der Waals surface area (Å²) in [5.74, 6) is -5.85. The molecule has 3 nitrogen and oxygen atoms in total. The van der Waals surface area contributed by atoms with Crippen LogP contribution in [0.15, 0.2) is 11.5 Å². The average Bonchev–Trinajstić information content (AvgIpc) is 2.57. The minimum atomic E-state index is -6.21. The Bertz CT molecular complexity index is 522. The van der Waals surface area contributed by atoms with Crippen LogP contribution in [0.5, 0.6) is 0 Å². The molecule has 0 spiro atoms. The molecule has 25 heavy (non-hydrogen) atoms. The molecule has 0 fully saturated rings. The summed E-state index contributed by atoms with van der Waals surface area (Å²) in [5, 5.41) is 0. The summed E-state index contributed by atoms with van der Waals surface area (Å²) in [6, 6.07) is 0. The van der Waals surface area contributed by atoms with Crippen molar-refractivity contribution < 1.29 is 66.3 Å². The Labute approximate surface area is 130 Å². The van der Waals surface area contributed by atoms with Gasteiger partial charge in [-0.15, -0.1) is 0 Å². The van der Waals surface area contributed by atoms with E-state index in [1.165, 1.54) is 0 Å². The van der Waals surface area contributed by atoms with Gasteiger partial charge in [-0.2, -0.15) is 0 Å². The van der Waals surface area contributed by atoms with Gasteiger partial charge in [-0.1, -0.05) is 0 Å². The molecule has 0 amide bonds. The van der Waals surface area contributed by atoms with Crippen LogP contribution in [-0.4, -0.2) is 44.1 Å². The Kier molecular flexibility index (Phi) is 4.78. The third-order valence-electron chi connectivity index (χ3n) is 2.41. The van der Waals surface area contributed by atoms with E-state index in [-0.39, 0.29) is 13.3 Å². The van der Waals surface area contributed by atoms with Gasteiger partial charge >= 0.3 is 129 Å². The first-order valence-electron chi connectivity index (χ1n) is 5.68. The van der Waals surface area contributed by atoms with Gasteiger partial charge in [0.2, 0.25) is 0 Å². The van der Waals surface area contributed by atoms with Crippen LogP contribution < -0.4 is 0 Å². The Hall–Kier alpha value is -1.11. The maximum atomic E-state index is 12.6. The summed E-state index contributed by atoms with van der Waals surface area (Å²) in [6.07, 6.45) is -29.0. The van der Waals surface area contributed by atoms with Crippen LogP contribution in [-0.2, 0) is 13.6 Å². The molecule has 0 N–H and O–H groups in total. The van der Waals surface area contributed by atoms with Crippen LogP contribution >= 0.6 is 7.28 Å². The van der Waals surface area contributed by atoms with Crippen LogP contribution in [0.1, 0.15) is 0 Å². The second kappa shape index (κ2) is 5.44. The fourth-order valence-corrected chi connectivity index (χ4v) is 3.98. The summed E-state index contributed by atoms with van der Waals surface area (Å²) >= 11 is 0. The van der Waals surface area contributed by atoms with E-state index in [1.807, 2.05) is 0 Å². The third kappa shape index (κ3) is 4.96. The zero-order valence-corrected chi connectivity index (χ0v) is 12.7. The standard InChI is InChI=1S/C9H7F12O3P/c1-25(2,24-5(8(16,17)18)9(19,20)21)22-3(6(10,11)12)4(23-25)7(13,14)15/h5H,1-2H3. The van der Waals surface area contributed by atoms with E-state index in [0.717, 1.165) is 0 Å². The van der Waals surface area contributed by atoms with E-state index in [9.17, 15) is 52.7 Å². The van der Waals surface area contributed by atoms with Gasteiger partial charge in [-0.05, 0) is 0 Å². The molecule has 1 heterocycles. The molecule has 0 saturated heterocycles. The van der Waals surface area contributed by atoms with Crippen molar-refractivity contribution in [3.05, 3.63) is 11.5 Å². The van der Waals surface area contributed by atoms with Crippen LogP contribution in [0, 0.1) is 0 Å². The summed E-state index contributed by atoms with van der Waals surface area (Å²) in [4.78, 5) is 0. The Balaban J connectivity index is 3.38. The SMILES string of the molecule is CP1(C)(OC(C(F)(F)F)C(F)(F)F)OC(C(F)(F)F)=C(C(F)(F)F)O1.